The first-order valence-electron chi connectivity index (χ1n) is 5.55. The first-order chi connectivity index (χ1) is 7.50. The Kier molecular flexibility index (Phi) is 4.96. The van der Waals surface area contributed by atoms with Gasteiger partial charge in [-0.2, -0.15) is 11.3 Å². The first-order valence-corrected chi connectivity index (χ1v) is 6.50. The van der Waals surface area contributed by atoms with E-state index in [1.165, 1.54) is 11.1 Å². The van der Waals surface area contributed by atoms with Gasteiger partial charge in [0.2, 0.25) is 5.91 Å². The fraction of sp³-hybridized carbons (Fsp3) is 0.583. The number of carbonyl (C=O) groups excluding carboxylic acids is 1. The van der Waals surface area contributed by atoms with Gasteiger partial charge < -0.3 is 11.1 Å². The molecule has 1 amide bonds. The largest absolute Gasteiger partial charge is 0.351 e. The number of nitrogens with two attached hydrogens (primary N) is 1. The SMILES string of the molecule is Cc1cscc1CNC(=O)C(N)CC(C)C. The molecule has 0 radical (unpaired) electrons. The van der Waals surface area contributed by atoms with Crippen molar-refractivity contribution in [1.29, 1.82) is 0 Å². The second kappa shape index (κ2) is 6.01. The highest BCUT2D eigenvalue weighted by atomic mass is 32.1. The maximum atomic E-state index is 11.7. The molecule has 0 aliphatic heterocycles. The minimum absolute atomic E-state index is 0.0562. The molecule has 0 fully saturated rings. The number of hydrogen-bond donors (Lipinski definition) is 2. The second-order valence-electron chi connectivity index (χ2n) is 4.53. The molecule has 1 aromatic heterocycles. The molecule has 3 N–H and O–H groups in total. The van der Waals surface area contributed by atoms with E-state index >= 15 is 0 Å². The highest BCUT2D eigenvalue weighted by Gasteiger charge is 2.14. The van der Waals surface area contributed by atoms with E-state index in [0.717, 1.165) is 6.42 Å². The number of carbonyl (C=O) groups is 1. The molecule has 0 aromatic carbocycles. The topological polar surface area (TPSA) is 55.1 Å². The summed E-state index contributed by atoms with van der Waals surface area (Å²) in [5.41, 5.74) is 8.19. The van der Waals surface area contributed by atoms with Crippen molar-refractivity contribution >= 4 is 17.2 Å². The quantitative estimate of drug-likeness (QED) is 0.827. The van der Waals surface area contributed by atoms with Crippen LogP contribution in [0.4, 0.5) is 0 Å². The Bertz CT molecular complexity index is 347. The van der Waals surface area contributed by atoms with Gasteiger partial charge in [-0.1, -0.05) is 13.8 Å². The van der Waals surface area contributed by atoms with Crippen LogP contribution in [-0.2, 0) is 11.3 Å². The monoisotopic (exact) mass is 240 g/mol. The third-order valence-corrected chi connectivity index (χ3v) is 3.39. The van der Waals surface area contributed by atoms with Crippen LogP contribution in [-0.4, -0.2) is 11.9 Å². The Morgan fingerprint density at radius 2 is 2.19 bits per heavy atom. The summed E-state index contributed by atoms with van der Waals surface area (Å²) in [5.74, 6) is 0.392. The van der Waals surface area contributed by atoms with E-state index in [-0.39, 0.29) is 11.9 Å². The van der Waals surface area contributed by atoms with Crippen molar-refractivity contribution in [2.24, 2.45) is 11.7 Å². The normalized spacial score (nSPS) is 12.8. The van der Waals surface area contributed by atoms with Gasteiger partial charge in [0.1, 0.15) is 0 Å². The van der Waals surface area contributed by atoms with Crippen LogP contribution in [0.2, 0.25) is 0 Å². The van der Waals surface area contributed by atoms with E-state index in [0.29, 0.717) is 12.5 Å². The lowest BCUT2D eigenvalue weighted by atomic mass is 10.0. The van der Waals surface area contributed by atoms with Gasteiger partial charge in [0.25, 0.3) is 0 Å². The van der Waals surface area contributed by atoms with E-state index in [4.69, 9.17) is 5.73 Å². The Hall–Kier alpha value is -0.870. The van der Waals surface area contributed by atoms with E-state index in [2.05, 4.69) is 29.9 Å². The molecule has 0 saturated heterocycles. The van der Waals surface area contributed by atoms with Crippen LogP contribution in [0.1, 0.15) is 31.4 Å². The maximum absolute atomic E-state index is 11.7. The van der Waals surface area contributed by atoms with Gasteiger partial charge in [0.15, 0.2) is 0 Å². The van der Waals surface area contributed by atoms with Gasteiger partial charge in [-0.15, -0.1) is 0 Å². The zero-order valence-corrected chi connectivity index (χ0v) is 10.9. The van der Waals surface area contributed by atoms with Gasteiger partial charge in [0.05, 0.1) is 6.04 Å². The molecule has 0 aliphatic rings. The molecular weight excluding hydrogens is 220 g/mol. The molecule has 1 rings (SSSR count). The molecule has 1 aromatic rings. The summed E-state index contributed by atoms with van der Waals surface area (Å²) in [6, 6.07) is -0.390. The van der Waals surface area contributed by atoms with Crippen LogP contribution in [0.5, 0.6) is 0 Å². The fourth-order valence-electron chi connectivity index (χ4n) is 1.50. The molecular formula is C12H20N2OS. The Morgan fingerprint density at radius 1 is 1.50 bits per heavy atom. The molecule has 1 atom stereocenters. The average Bonchev–Trinajstić information content (AvgIpc) is 2.59. The number of amides is 1. The smallest absolute Gasteiger partial charge is 0.237 e. The second-order valence-corrected chi connectivity index (χ2v) is 5.28. The van der Waals surface area contributed by atoms with Crippen molar-refractivity contribution in [3.05, 3.63) is 21.9 Å². The zero-order chi connectivity index (χ0) is 12.1. The fourth-order valence-corrected chi connectivity index (χ4v) is 2.35. The minimum atomic E-state index is -0.390. The van der Waals surface area contributed by atoms with Crippen molar-refractivity contribution in [2.45, 2.75) is 39.8 Å². The Balaban J connectivity index is 2.38. The number of rotatable bonds is 5. The van der Waals surface area contributed by atoms with Crippen LogP contribution in [0.3, 0.4) is 0 Å². The number of thiophene rings is 1. The van der Waals surface area contributed by atoms with Gasteiger partial charge in [-0.25, -0.2) is 0 Å². The van der Waals surface area contributed by atoms with Gasteiger partial charge in [0, 0.05) is 6.54 Å². The number of hydrogen-bond acceptors (Lipinski definition) is 3. The number of aryl methyl sites for hydroxylation is 1. The van der Waals surface area contributed by atoms with Crippen LogP contribution >= 0.6 is 11.3 Å². The average molecular weight is 240 g/mol. The molecule has 0 aliphatic carbocycles. The van der Waals surface area contributed by atoms with E-state index in [1.807, 2.05) is 6.92 Å². The molecule has 1 heterocycles. The third-order valence-electron chi connectivity index (χ3n) is 2.48. The Labute approximate surface area is 101 Å². The molecule has 1 unspecified atom stereocenters. The minimum Gasteiger partial charge on any atom is -0.351 e. The highest BCUT2D eigenvalue weighted by Crippen LogP contribution is 2.13. The predicted molar refractivity (Wildman–Crippen MR) is 68.3 cm³/mol. The predicted octanol–water partition coefficient (Wildman–Crippen LogP) is 2.05. The lowest BCUT2D eigenvalue weighted by molar-refractivity contribution is -0.122. The summed E-state index contributed by atoms with van der Waals surface area (Å²) < 4.78 is 0. The molecule has 4 heteroatoms. The van der Waals surface area contributed by atoms with Crippen LogP contribution in [0.15, 0.2) is 10.8 Å². The molecule has 0 spiro atoms. The Morgan fingerprint density at radius 3 is 2.69 bits per heavy atom. The highest BCUT2D eigenvalue weighted by molar-refractivity contribution is 7.08. The van der Waals surface area contributed by atoms with Gasteiger partial charge >= 0.3 is 0 Å². The van der Waals surface area contributed by atoms with Crippen molar-refractivity contribution in [3.63, 3.8) is 0 Å². The lowest BCUT2D eigenvalue weighted by Crippen LogP contribution is -2.41. The summed E-state index contributed by atoms with van der Waals surface area (Å²) in [6.07, 6.45) is 0.731. The summed E-state index contributed by atoms with van der Waals surface area (Å²) in [5, 5.41) is 7.01. The summed E-state index contributed by atoms with van der Waals surface area (Å²) in [4.78, 5) is 11.7. The van der Waals surface area contributed by atoms with Crippen molar-refractivity contribution in [3.8, 4) is 0 Å². The molecule has 90 valence electrons. The van der Waals surface area contributed by atoms with E-state index in [9.17, 15) is 4.79 Å². The maximum Gasteiger partial charge on any atom is 0.237 e. The summed E-state index contributed by atoms with van der Waals surface area (Å²) in [6.45, 7) is 6.76. The van der Waals surface area contributed by atoms with E-state index in [1.54, 1.807) is 11.3 Å². The first kappa shape index (κ1) is 13.2. The van der Waals surface area contributed by atoms with Gasteiger partial charge in [-0.3, -0.25) is 4.79 Å². The van der Waals surface area contributed by atoms with Crippen molar-refractivity contribution < 1.29 is 4.79 Å². The molecule has 16 heavy (non-hydrogen) atoms. The summed E-state index contributed by atoms with van der Waals surface area (Å²) >= 11 is 1.65. The van der Waals surface area contributed by atoms with Crippen LogP contribution in [0, 0.1) is 12.8 Å². The van der Waals surface area contributed by atoms with E-state index < -0.39 is 0 Å². The third kappa shape index (κ3) is 3.94. The standard InChI is InChI=1S/C12H20N2OS/c1-8(2)4-11(13)12(15)14-5-10-7-16-6-9(10)3/h6-8,11H,4-5,13H2,1-3H3,(H,14,15). The number of nitrogens with one attached hydrogen (secondary N) is 1. The van der Waals surface area contributed by atoms with Gasteiger partial charge in [-0.05, 0) is 41.1 Å². The van der Waals surface area contributed by atoms with Crippen molar-refractivity contribution in [1.82, 2.24) is 5.32 Å². The zero-order valence-electron chi connectivity index (χ0n) is 10.1. The van der Waals surface area contributed by atoms with Crippen LogP contribution in [0.25, 0.3) is 0 Å². The van der Waals surface area contributed by atoms with Crippen molar-refractivity contribution in [2.75, 3.05) is 0 Å². The lowest BCUT2D eigenvalue weighted by Gasteiger charge is -2.14. The molecule has 3 nitrogen and oxygen atoms in total. The van der Waals surface area contributed by atoms with Crippen LogP contribution < -0.4 is 11.1 Å². The molecule has 0 saturated carbocycles. The molecule has 0 bridgehead atoms. The summed E-state index contributed by atoms with van der Waals surface area (Å²) in [7, 11) is 0.